The Labute approximate surface area is 356 Å². The van der Waals surface area contributed by atoms with E-state index in [1.165, 1.54) is 55.6 Å². The van der Waals surface area contributed by atoms with Gasteiger partial charge in [0.15, 0.2) is 11.6 Å². The average Bonchev–Trinajstić information content (AvgIpc) is 3.89. The summed E-state index contributed by atoms with van der Waals surface area (Å²) in [4.78, 5) is 15.6. The molecular weight excluding hydrogens is 743 g/mol. The Morgan fingerprint density at radius 1 is 0.492 bits per heavy atom. The number of hydrogen-bond acceptors (Lipinski definition) is 4. The summed E-state index contributed by atoms with van der Waals surface area (Å²) in [6, 6.07) is 52.8. The van der Waals surface area contributed by atoms with Crippen LogP contribution in [0.15, 0.2) is 174 Å². The number of benzene rings is 7. The maximum absolute atomic E-state index is 7.14. The highest BCUT2D eigenvalue weighted by Crippen LogP contribution is 2.56. The van der Waals surface area contributed by atoms with Gasteiger partial charge in [-0.25, -0.2) is 15.0 Å². The SMILES string of the molecule is CC1(C)c2ccccc2-c2c(-c3cc(-c4cccc5c4-c4ccccc4C5(C)C)c4oc5cccc(-c6nc(-c7ccccc7)nc(C7C=CC=CC7)n6)c5c4c3)cccc21. The lowest BCUT2D eigenvalue weighted by Crippen LogP contribution is -2.14. The molecule has 0 aliphatic heterocycles. The van der Waals surface area contributed by atoms with Crippen molar-refractivity contribution in [1.29, 1.82) is 0 Å². The average molecular weight is 786 g/mol. The fraction of sp³-hybridized carbons (Fsp3) is 0.140. The molecule has 0 radical (unpaired) electrons. The lowest BCUT2D eigenvalue weighted by atomic mass is 9.81. The fourth-order valence-electron chi connectivity index (χ4n) is 10.6. The topological polar surface area (TPSA) is 51.8 Å². The second kappa shape index (κ2) is 13.2. The second-order valence-corrected chi connectivity index (χ2v) is 17.8. The molecule has 2 aromatic heterocycles. The van der Waals surface area contributed by atoms with Gasteiger partial charge < -0.3 is 4.42 Å². The van der Waals surface area contributed by atoms with Gasteiger partial charge in [-0.05, 0) is 85.8 Å². The molecule has 0 amide bonds. The molecule has 9 aromatic rings. The zero-order valence-corrected chi connectivity index (χ0v) is 34.7. The number of fused-ring (bicyclic) bond motifs is 9. The first-order valence-electron chi connectivity index (χ1n) is 21.4. The summed E-state index contributed by atoms with van der Waals surface area (Å²) in [5, 5.41) is 2.03. The predicted octanol–water partition coefficient (Wildman–Crippen LogP) is 14.7. The smallest absolute Gasteiger partial charge is 0.164 e. The Kier molecular flexibility index (Phi) is 7.71. The summed E-state index contributed by atoms with van der Waals surface area (Å²) in [7, 11) is 0. The second-order valence-electron chi connectivity index (χ2n) is 17.8. The van der Waals surface area contributed by atoms with Crippen LogP contribution in [0.4, 0.5) is 0 Å². The van der Waals surface area contributed by atoms with Crippen LogP contribution in [0, 0.1) is 0 Å². The molecule has 292 valence electrons. The minimum Gasteiger partial charge on any atom is -0.455 e. The number of hydrogen-bond donors (Lipinski definition) is 0. The molecule has 3 aliphatic rings. The van der Waals surface area contributed by atoms with Gasteiger partial charge in [0.25, 0.3) is 0 Å². The van der Waals surface area contributed by atoms with Crippen molar-refractivity contribution in [2.24, 2.45) is 0 Å². The Morgan fingerprint density at radius 3 is 1.79 bits per heavy atom. The number of aromatic nitrogens is 3. The van der Waals surface area contributed by atoms with E-state index in [1.807, 2.05) is 18.2 Å². The molecule has 0 bridgehead atoms. The van der Waals surface area contributed by atoms with Gasteiger partial charge in [0.1, 0.15) is 17.0 Å². The van der Waals surface area contributed by atoms with E-state index in [9.17, 15) is 0 Å². The van der Waals surface area contributed by atoms with Crippen LogP contribution in [0.25, 0.3) is 89.2 Å². The van der Waals surface area contributed by atoms with Gasteiger partial charge in [0, 0.05) is 44.2 Å². The highest BCUT2D eigenvalue weighted by molar-refractivity contribution is 6.17. The van der Waals surface area contributed by atoms with Crippen LogP contribution < -0.4 is 0 Å². The molecule has 0 fully saturated rings. The van der Waals surface area contributed by atoms with E-state index >= 15 is 0 Å². The van der Waals surface area contributed by atoms with Crippen molar-refractivity contribution >= 4 is 21.9 Å². The molecule has 7 aromatic carbocycles. The number of allylic oxidation sites excluding steroid dienone is 4. The van der Waals surface area contributed by atoms with E-state index in [1.54, 1.807) is 0 Å². The van der Waals surface area contributed by atoms with Crippen molar-refractivity contribution in [2.45, 2.75) is 50.9 Å². The Hall–Kier alpha value is -7.17. The van der Waals surface area contributed by atoms with E-state index in [0.717, 1.165) is 56.4 Å². The first-order chi connectivity index (χ1) is 29.8. The third kappa shape index (κ3) is 5.28. The molecule has 4 nitrogen and oxygen atoms in total. The predicted molar refractivity (Wildman–Crippen MR) is 250 cm³/mol. The molecular formula is C57H43N3O. The monoisotopic (exact) mass is 785 g/mol. The van der Waals surface area contributed by atoms with Crippen LogP contribution in [0.5, 0.6) is 0 Å². The van der Waals surface area contributed by atoms with Crippen LogP contribution >= 0.6 is 0 Å². The zero-order chi connectivity index (χ0) is 41.0. The largest absolute Gasteiger partial charge is 0.455 e. The van der Waals surface area contributed by atoms with E-state index in [0.29, 0.717) is 11.6 Å². The number of nitrogens with zero attached hydrogens (tertiary/aromatic N) is 3. The third-order valence-electron chi connectivity index (χ3n) is 13.7. The van der Waals surface area contributed by atoms with Gasteiger partial charge in [-0.1, -0.05) is 179 Å². The Morgan fingerprint density at radius 2 is 1.08 bits per heavy atom. The highest BCUT2D eigenvalue weighted by atomic mass is 16.3. The van der Waals surface area contributed by atoms with Crippen molar-refractivity contribution < 1.29 is 4.42 Å². The summed E-state index contributed by atoms with van der Waals surface area (Å²) in [5.74, 6) is 2.11. The van der Waals surface area contributed by atoms with Crippen LogP contribution in [-0.2, 0) is 10.8 Å². The van der Waals surface area contributed by atoms with Crippen molar-refractivity contribution in [2.75, 3.05) is 0 Å². The van der Waals surface area contributed by atoms with Crippen LogP contribution in [0.2, 0.25) is 0 Å². The molecule has 1 atom stereocenters. The van der Waals surface area contributed by atoms with Gasteiger partial charge in [-0.15, -0.1) is 0 Å². The molecule has 12 rings (SSSR count). The van der Waals surface area contributed by atoms with Crippen molar-refractivity contribution in [1.82, 2.24) is 15.0 Å². The molecule has 0 saturated heterocycles. The van der Waals surface area contributed by atoms with Crippen LogP contribution in [-0.4, -0.2) is 15.0 Å². The van der Waals surface area contributed by atoms with Crippen molar-refractivity contribution in [3.05, 3.63) is 198 Å². The first kappa shape index (κ1) is 35.7. The molecule has 1 unspecified atom stereocenters. The first-order valence-corrected chi connectivity index (χ1v) is 21.4. The molecule has 0 N–H and O–H groups in total. The summed E-state index contributed by atoms with van der Waals surface area (Å²) in [6.45, 7) is 9.40. The fourth-order valence-corrected chi connectivity index (χ4v) is 10.6. The summed E-state index contributed by atoms with van der Waals surface area (Å²) in [6.07, 6.45) is 9.39. The minimum atomic E-state index is -0.147. The quantitative estimate of drug-likeness (QED) is 0.174. The van der Waals surface area contributed by atoms with Crippen molar-refractivity contribution in [3.63, 3.8) is 0 Å². The zero-order valence-electron chi connectivity index (χ0n) is 34.7. The Bertz CT molecular complexity index is 3350. The maximum Gasteiger partial charge on any atom is 0.164 e. The summed E-state index contributed by atoms with van der Waals surface area (Å²) < 4.78 is 7.14. The minimum absolute atomic E-state index is 0.0484. The van der Waals surface area contributed by atoms with Gasteiger partial charge in [0.05, 0.1) is 0 Å². The van der Waals surface area contributed by atoms with Crippen LogP contribution in [0.3, 0.4) is 0 Å². The normalized spacial score (nSPS) is 16.4. The number of furan rings is 1. The summed E-state index contributed by atoms with van der Waals surface area (Å²) in [5.41, 5.74) is 18.4. The molecule has 2 heterocycles. The van der Waals surface area contributed by atoms with E-state index < -0.39 is 0 Å². The summed E-state index contributed by atoms with van der Waals surface area (Å²) >= 11 is 0. The van der Waals surface area contributed by atoms with Crippen LogP contribution in [0.1, 0.15) is 68.1 Å². The molecule has 0 spiro atoms. The van der Waals surface area contributed by atoms with Gasteiger partial charge in [0.2, 0.25) is 0 Å². The van der Waals surface area contributed by atoms with E-state index in [4.69, 9.17) is 19.4 Å². The molecule has 0 saturated carbocycles. The maximum atomic E-state index is 7.14. The molecule has 61 heavy (non-hydrogen) atoms. The molecule has 4 heteroatoms. The standard InChI is InChI=1S/C57H43N3O/c1-56(2)44-27-13-11-22-39(44)49-37(24-15-29-46(49)56)36-32-42(38-25-16-30-47-50(38)40-23-12-14-28-45(40)57(47,3)4)52-43(33-36)51-41(26-17-31-48(51)61-52)55-59-53(34-18-7-5-8-19-34)58-54(60-55)35-20-9-6-10-21-35/h5-20,22-33,35H,21H2,1-4H3. The number of rotatable bonds is 5. The van der Waals surface area contributed by atoms with E-state index in [-0.39, 0.29) is 16.7 Å². The highest BCUT2D eigenvalue weighted by Gasteiger charge is 2.39. The van der Waals surface area contributed by atoms with Gasteiger partial charge in [-0.2, -0.15) is 0 Å². The van der Waals surface area contributed by atoms with Gasteiger partial charge >= 0.3 is 0 Å². The lowest BCUT2D eigenvalue weighted by molar-refractivity contribution is 0.660. The van der Waals surface area contributed by atoms with Gasteiger partial charge in [-0.3, -0.25) is 0 Å². The van der Waals surface area contributed by atoms with Crippen molar-refractivity contribution in [3.8, 4) is 67.3 Å². The van der Waals surface area contributed by atoms with E-state index in [2.05, 4.69) is 179 Å². The molecule has 3 aliphatic carbocycles. The Balaban J connectivity index is 1.18. The third-order valence-corrected chi connectivity index (χ3v) is 13.7. The lowest BCUT2D eigenvalue weighted by Gasteiger charge is -2.22.